The zero-order valence-corrected chi connectivity index (χ0v) is 10.7. The molecule has 0 aromatic heterocycles. The monoisotopic (exact) mass is 202 g/mol. The van der Waals surface area contributed by atoms with Crippen molar-refractivity contribution in [3.8, 4) is 0 Å². The van der Waals surface area contributed by atoms with Crippen LogP contribution in [0.4, 0.5) is 0 Å². The van der Waals surface area contributed by atoms with Gasteiger partial charge in [-0.1, -0.05) is 52.4 Å². The average Bonchev–Trinajstić information content (AvgIpc) is 2.17. The van der Waals surface area contributed by atoms with Gasteiger partial charge < -0.3 is 0 Å². The van der Waals surface area contributed by atoms with Crippen LogP contribution in [-0.2, 0) is 0 Å². The Bertz CT molecular complexity index is 91.1. The molecule has 0 radical (unpaired) electrons. The molecule has 0 N–H and O–H groups in total. The van der Waals surface area contributed by atoms with E-state index in [1.165, 1.54) is 59.9 Å². The topological polar surface area (TPSA) is 0 Å². The normalized spacial score (nSPS) is 14.1. The van der Waals surface area contributed by atoms with Crippen molar-refractivity contribution in [1.29, 1.82) is 0 Å². The Kier molecular flexibility index (Phi) is 10.9. The van der Waals surface area contributed by atoms with Gasteiger partial charge in [0.05, 0.1) is 0 Å². The maximum Gasteiger partial charge on any atom is -0.0239 e. The van der Waals surface area contributed by atoms with Gasteiger partial charge in [-0.25, -0.2) is 0 Å². The largest absolute Gasteiger partial charge is 0.122 e. The molecule has 0 saturated heterocycles. The lowest BCUT2D eigenvalue weighted by Crippen LogP contribution is -1.99. The smallest absolute Gasteiger partial charge is 0.0239 e. The molecule has 0 aliphatic heterocycles. The van der Waals surface area contributed by atoms with E-state index in [-0.39, 0.29) is 0 Å². The Hall–Kier alpha value is 0.430. The maximum atomic E-state index is 2.38. The van der Waals surface area contributed by atoms with E-state index in [0.29, 0.717) is 0 Å². The Morgan fingerprint density at radius 2 is 1.46 bits per heavy atom. The molecule has 2 atom stereocenters. The van der Waals surface area contributed by atoms with Crippen LogP contribution in [0.25, 0.3) is 0 Å². The van der Waals surface area contributed by atoms with Gasteiger partial charge >= 0.3 is 0 Å². The number of hydrogen-bond donors (Lipinski definition) is 0. The molecule has 0 aromatic carbocycles. The highest BCUT2D eigenvalue weighted by Gasteiger charge is 2.04. The van der Waals surface area contributed by atoms with Gasteiger partial charge in [-0.05, 0) is 25.2 Å². The Balaban J connectivity index is 3.25. The lowest BCUT2D eigenvalue weighted by Gasteiger charge is -2.13. The zero-order valence-electron chi connectivity index (χ0n) is 9.73. The predicted octanol–water partition coefficient (Wildman–Crippen LogP) is 4.82. The fourth-order valence-corrected chi connectivity index (χ4v) is 2.69. The van der Waals surface area contributed by atoms with Crippen LogP contribution in [0, 0.1) is 0 Å². The van der Waals surface area contributed by atoms with E-state index in [1.54, 1.807) is 0 Å². The summed E-state index contributed by atoms with van der Waals surface area (Å²) >= 11 is 0. The second-order valence-electron chi connectivity index (χ2n) is 3.98. The van der Waals surface area contributed by atoms with Crippen molar-refractivity contribution < 1.29 is 0 Å². The molecule has 0 nitrogen and oxygen atoms in total. The second kappa shape index (κ2) is 10.5. The lowest BCUT2D eigenvalue weighted by atomic mass is 10.1. The molecule has 1 heteroatoms. The molecule has 0 fully saturated rings. The quantitative estimate of drug-likeness (QED) is 0.371. The first-order chi connectivity index (χ1) is 6.35. The van der Waals surface area contributed by atoms with Gasteiger partial charge in [-0.15, -0.1) is 8.58 Å². The van der Waals surface area contributed by atoms with Gasteiger partial charge in [-0.2, -0.15) is 0 Å². The van der Waals surface area contributed by atoms with Gasteiger partial charge in [-0.3, -0.25) is 0 Å². The summed E-state index contributed by atoms with van der Waals surface area (Å²) in [7, 11) is 1.17. The van der Waals surface area contributed by atoms with Crippen LogP contribution in [0.15, 0.2) is 0 Å². The molecule has 0 aromatic rings. The van der Waals surface area contributed by atoms with E-state index in [4.69, 9.17) is 0 Å². The third-order valence-electron chi connectivity index (χ3n) is 2.72. The molecule has 13 heavy (non-hydrogen) atoms. The van der Waals surface area contributed by atoms with Crippen LogP contribution in [-0.4, -0.2) is 12.3 Å². The number of rotatable bonds is 9. The lowest BCUT2D eigenvalue weighted by molar-refractivity contribution is 0.581. The van der Waals surface area contributed by atoms with Crippen molar-refractivity contribution in [3.63, 3.8) is 0 Å². The minimum Gasteiger partial charge on any atom is -0.122 e. The van der Waals surface area contributed by atoms with Gasteiger partial charge in [0.25, 0.3) is 0 Å². The molecule has 0 rings (SSSR count). The van der Waals surface area contributed by atoms with Crippen LogP contribution >= 0.6 is 8.58 Å². The van der Waals surface area contributed by atoms with E-state index in [2.05, 4.69) is 20.5 Å². The minimum atomic E-state index is 1.05. The summed E-state index contributed by atoms with van der Waals surface area (Å²) in [6.07, 6.45) is 11.5. The predicted molar refractivity (Wildman–Crippen MR) is 66.3 cm³/mol. The van der Waals surface area contributed by atoms with Crippen LogP contribution in [0.5, 0.6) is 0 Å². The van der Waals surface area contributed by atoms with Crippen molar-refractivity contribution >= 4 is 8.58 Å². The summed E-state index contributed by atoms with van der Waals surface area (Å²) in [5.74, 6) is 0. The van der Waals surface area contributed by atoms with Crippen molar-refractivity contribution in [3.05, 3.63) is 0 Å². The van der Waals surface area contributed by atoms with Gasteiger partial charge in [0.2, 0.25) is 0 Å². The number of hydrogen-bond acceptors (Lipinski definition) is 0. The summed E-state index contributed by atoms with van der Waals surface area (Å²) in [6.45, 7) is 6.96. The second-order valence-corrected chi connectivity index (χ2v) is 5.37. The van der Waals surface area contributed by atoms with Crippen molar-refractivity contribution in [2.24, 2.45) is 0 Å². The summed E-state index contributed by atoms with van der Waals surface area (Å²) in [5, 5.41) is 0. The first-order valence-electron chi connectivity index (χ1n) is 6.02. The molecule has 0 spiro atoms. The van der Waals surface area contributed by atoms with Gasteiger partial charge in [0.1, 0.15) is 0 Å². The molecule has 0 saturated carbocycles. The highest BCUT2D eigenvalue weighted by molar-refractivity contribution is 7.37. The van der Waals surface area contributed by atoms with Crippen LogP contribution < -0.4 is 0 Å². The SMILES string of the molecule is CCCCCCC(CCCC)PC. The fraction of sp³-hybridized carbons (Fsp3) is 1.00. The first kappa shape index (κ1) is 13.4. The standard InChI is InChI=1S/C12H27P/c1-4-6-8-9-11-12(13-3)10-7-5-2/h12-13H,4-11H2,1-3H3. The van der Waals surface area contributed by atoms with Crippen LogP contribution in [0.3, 0.4) is 0 Å². The molecular weight excluding hydrogens is 175 g/mol. The molecule has 80 valence electrons. The molecule has 0 bridgehead atoms. The average molecular weight is 202 g/mol. The zero-order chi connectivity index (χ0) is 9.94. The Labute approximate surface area is 86.7 Å². The minimum absolute atomic E-state index is 1.05. The highest BCUT2D eigenvalue weighted by Crippen LogP contribution is 2.25. The van der Waals surface area contributed by atoms with Gasteiger partial charge in [0.15, 0.2) is 0 Å². The maximum absolute atomic E-state index is 2.38. The Morgan fingerprint density at radius 1 is 0.846 bits per heavy atom. The number of unbranched alkanes of at least 4 members (excludes halogenated alkanes) is 4. The molecule has 0 amide bonds. The molecule has 0 aliphatic rings. The highest BCUT2D eigenvalue weighted by atomic mass is 31.1. The van der Waals surface area contributed by atoms with Crippen molar-refractivity contribution in [2.45, 2.75) is 70.9 Å². The van der Waals surface area contributed by atoms with Crippen LogP contribution in [0.2, 0.25) is 0 Å². The van der Waals surface area contributed by atoms with E-state index in [0.717, 1.165) is 5.66 Å². The third kappa shape index (κ3) is 8.75. The summed E-state index contributed by atoms with van der Waals surface area (Å²) in [4.78, 5) is 0. The summed E-state index contributed by atoms with van der Waals surface area (Å²) < 4.78 is 0. The van der Waals surface area contributed by atoms with Gasteiger partial charge in [0, 0.05) is 0 Å². The van der Waals surface area contributed by atoms with Crippen molar-refractivity contribution in [2.75, 3.05) is 6.66 Å². The Morgan fingerprint density at radius 3 is 2.00 bits per heavy atom. The van der Waals surface area contributed by atoms with Crippen molar-refractivity contribution in [1.82, 2.24) is 0 Å². The molecular formula is C12H27P. The fourth-order valence-electron chi connectivity index (χ4n) is 1.70. The van der Waals surface area contributed by atoms with Crippen LogP contribution in [0.1, 0.15) is 65.2 Å². The third-order valence-corrected chi connectivity index (χ3v) is 4.11. The van der Waals surface area contributed by atoms with E-state index < -0.39 is 0 Å². The summed E-state index contributed by atoms with van der Waals surface area (Å²) in [6, 6.07) is 0. The first-order valence-corrected chi connectivity index (χ1v) is 7.60. The molecule has 2 unspecified atom stereocenters. The van der Waals surface area contributed by atoms with E-state index >= 15 is 0 Å². The molecule has 0 aliphatic carbocycles. The van der Waals surface area contributed by atoms with E-state index in [9.17, 15) is 0 Å². The molecule has 0 heterocycles. The van der Waals surface area contributed by atoms with E-state index in [1.807, 2.05) is 0 Å². The summed E-state index contributed by atoms with van der Waals surface area (Å²) in [5.41, 5.74) is 1.05.